The number of hydrogen-bond acceptors (Lipinski definition) is 6. The molecule has 1 saturated carbocycles. The second-order valence-corrected chi connectivity index (χ2v) is 11.5. The first-order valence-corrected chi connectivity index (χ1v) is 12.9. The van der Waals surface area contributed by atoms with Crippen molar-refractivity contribution in [3.8, 4) is 11.5 Å². The van der Waals surface area contributed by atoms with E-state index in [9.17, 15) is 19.1 Å². The fraction of sp³-hybridized carbons (Fsp3) is 0.517. The summed E-state index contributed by atoms with van der Waals surface area (Å²) in [6.45, 7) is 8.30. The Labute approximate surface area is 216 Å². The van der Waals surface area contributed by atoms with Gasteiger partial charge in [0.05, 0.1) is 5.69 Å². The molecule has 0 radical (unpaired) electrons. The minimum atomic E-state index is -0.946. The Bertz CT molecular complexity index is 1270. The van der Waals surface area contributed by atoms with Crippen molar-refractivity contribution >= 4 is 11.8 Å². The van der Waals surface area contributed by atoms with Crippen LogP contribution in [-0.4, -0.2) is 27.2 Å². The lowest BCUT2D eigenvalue weighted by Crippen LogP contribution is -2.13. The Morgan fingerprint density at radius 3 is 2.57 bits per heavy atom. The van der Waals surface area contributed by atoms with Crippen molar-refractivity contribution in [3.05, 3.63) is 58.2 Å². The molecule has 1 aliphatic rings. The van der Waals surface area contributed by atoms with Crippen LogP contribution < -0.4 is 0 Å². The van der Waals surface area contributed by atoms with Gasteiger partial charge in [0.1, 0.15) is 17.4 Å². The highest BCUT2D eigenvalue weighted by molar-refractivity contribution is 5.82. The zero-order valence-electron chi connectivity index (χ0n) is 22.0. The van der Waals surface area contributed by atoms with E-state index in [2.05, 4.69) is 31.1 Å². The van der Waals surface area contributed by atoms with E-state index in [0.29, 0.717) is 22.7 Å². The van der Waals surface area contributed by atoms with Gasteiger partial charge < -0.3 is 14.2 Å². The average Bonchev–Trinajstić information content (AvgIpc) is 3.37. The summed E-state index contributed by atoms with van der Waals surface area (Å²) in [6.07, 6.45) is 3.75. The van der Waals surface area contributed by atoms with Gasteiger partial charge in [-0.15, -0.1) is 0 Å². The Hall–Kier alpha value is -3.29. The Kier molecular flexibility index (Phi) is 7.95. The van der Waals surface area contributed by atoms with E-state index in [1.807, 2.05) is 6.07 Å². The summed E-state index contributed by atoms with van der Waals surface area (Å²) in [6, 6.07) is 6.68. The number of ketones is 1. The van der Waals surface area contributed by atoms with E-state index >= 15 is 0 Å². The smallest absolute Gasteiger partial charge is 0.303 e. The first-order valence-electron chi connectivity index (χ1n) is 12.9. The molecule has 0 saturated heterocycles. The number of aryl methyl sites for hydroxylation is 2. The Morgan fingerprint density at radius 2 is 1.92 bits per heavy atom. The number of nitrogens with zero attached hydrogens (tertiary/aromatic N) is 2. The molecule has 0 unspecified atom stereocenters. The van der Waals surface area contributed by atoms with E-state index in [0.717, 1.165) is 42.6 Å². The molecule has 4 rings (SSSR count). The summed E-state index contributed by atoms with van der Waals surface area (Å²) in [7, 11) is 0. The van der Waals surface area contributed by atoms with E-state index < -0.39 is 17.7 Å². The fourth-order valence-corrected chi connectivity index (χ4v) is 4.58. The summed E-state index contributed by atoms with van der Waals surface area (Å²) in [5.41, 5.74) is 3.34. The molecule has 1 N–H and O–H groups in total. The molecule has 1 aromatic carbocycles. The van der Waals surface area contributed by atoms with Crippen molar-refractivity contribution in [1.29, 1.82) is 0 Å². The third-order valence-corrected chi connectivity index (χ3v) is 6.82. The van der Waals surface area contributed by atoms with Gasteiger partial charge in [0.15, 0.2) is 11.5 Å². The number of carboxylic acid groups (broad SMARTS) is 1. The number of aromatic nitrogens is 2. The van der Waals surface area contributed by atoms with Crippen molar-refractivity contribution in [2.75, 3.05) is 0 Å². The quantitative estimate of drug-likeness (QED) is 0.286. The lowest BCUT2D eigenvalue weighted by molar-refractivity contribution is -0.137. The molecule has 2 aromatic heterocycles. The molecule has 1 atom stereocenters. The maximum Gasteiger partial charge on any atom is 0.303 e. The van der Waals surface area contributed by atoms with Gasteiger partial charge in [0, 0.05) is 43.2 Å². The summed E-state index contributed by atoms with van der Waals surface area (Å²) in [4.78, 5) is 24.4. The molecule has 2 heterocycles. The number of halogens is 1. The van der Waals surface area contributed by atoms with Gasteiger partial charge >= 0.3 is 5.97 Å². The van der Waals surface area contributed by atoms with E-state index in [1.54, 1.807) is 19.1 Å². The average molecular weight is 511 g/mol. The molecule has 1 fully saturated rings. The van der Waals surface area contributed by atoms with Crippen LogP contribution in [0, 0.1) is 18.2 Å². The number of carbonyl (C=O) groups is 2. The second kappa shape index (κ2) is 11.0. The van der Waals surface area contributed by atoms with Crippen LogP contribution in [0.25, 0.3) is 11.5 Å². The lowest BCUT2D eigenvalue weighted by atomic mass is 9.87. The Balaban J connectivity index is 1.58. The van der Waals surface area contributed by atoms with Crippen LogP contribution in [0.1, 0.15) is 99.3 Å². The van der Waals surface area contributed by atoms with Crippen molar-refractivity contribution in [3.63, 3.8) is 0 Å². The van der Waals surface area contributed by atoms with Crippen LogP contribution in [0.2, 0.25) is 0 Å². The first-order chi connectivity index (χ1) is 17.5. The minimum absolute atomic E-state index is 0.0560. The maximum atomic E-state index is 14.3. The van der Waals surface area contributed by atoms with Crippen molar-refractivity contribution in [1.82, 2.24) is 10.3 Å². The predicted octanol–water partition coefficient (Wildman–Crippen LogP) is 6.78. The van der Waals surface area contributed by atoms with Crippen molar-refractivity contribution < 1.29 is 28.1 Å². The Morgan fingerprint density at radius 1 is 1.16 bits per heavy atom. The van der Waals surface area contributed by atoms with Gasteiger partial charge in [-0.1, -0.05) is 43.2 Å². The molecule has 0 spiro atoms. The topological polar surface area (TPSA) is 106 Å². The van der Waals surface area contributed by atoms with Crippen molar-refractivity contribution in [2.45, 2.75) is 90.9 Å². The van der Waals surface area contributed by atoms with Crippen LogP contribution in [0.5, 0.6) is 0 Å². The number of Topliss-reactive ketones (excluding diaryl/α,β-unsaturated/α-hetero) is 1. The van der Waals surface area contributed by atoms with Gasteiger partial charge in [-0.25, -0.2) is 4.39 Å². The summed E-state index contributed by atoms with van der Waals surface area (Å²) >= 11 is 0. The third-order valence-electron chi connectivity index (χ3n) is 6.82. The maximum absolute atomic E-state index is 14.3. The van der Waals surface area contributed by atoms with Gasteiger partial charge in [-0.3, -0.25) is 9.59 Å². The largest absolute Gasteiger partial charge is 0.481 e. The number of rotatable bonds is 12. The zero-order valence-corrected chi connectivity index (χ0v) is 22.0. The molecular formula is C29H35FN2O5. The second-order valence-electron chi connectivity index (χ2n) is 11.5. The monoisotopic (exact) mass is 510 g/mol. The molecular weight excluding hydrogens is 475 g/mol. The van der Waals surface area contributed by atoms with E-state index in [1.165, 1.54) is 6.07 Å². The highest BCUT2D eigenvalue weighted by Gasteiger charge is 2.37. The molecule has 3 aromatic rings. The highest BCUT2D eigenvalue weighted by Crippen LogP contribution is 2.48. The molecule has 1 aliphatic carbocycles. The van der Waals surface area contributed by atoms with E-state index in [4.69, 9.17) is 9.05 Å². The first kappa shape index (κ1) is 26.8. The molecule has 0 bridgehead atoms. The van der Waals surface area contributed by atoms with Crippen LogP contribution in [0.15, 0.2) is 33.3 Å². The van der Waals surface area contributed by atoms with Crippen molar-refractivity contribution in [2.24, 2.45) is 5.41 Å². The van der Waals surface area contributed by atoms with Gasteiger partial charge in [-0.05, 0) is 61.1 Å². The third kappa shape index (κ3) is 7.14. The number of aliphatic carboxylic acids is 1. The number of benzene rings is 1. The van der Waals surface area contributed by atoms with Crippen LogP contribution in [0.4, 0.5) is 4.39 Å². The highest BCUT2D eigenvalue weighted by atomic mass is 19.1. The molecule has 37 heavy (non-hydrogen) atoms. The van der Waals surface area contributed by atoms with Crippen LogP contribution >= 0.6 is 0 Å². The molecule has 0 amide bonds. The van der Waals surface area contributed by atoms with Crippen LogP contribution in [-0.2, 0) is 22.4 Å². The van der Waals surface area contributed by atoms with Gasteiger partial charge in [0.25, 0.3) is 0 Å². The molecule has 7 nitrogen and oxygen atoms in total. The summed E-state index contributed by atoms with van der Waals surface area (Å²) < 4.78 is 25.7. The number of hydrogen-bond donors (Lipinski definition) is 1. The van der Waals surface area contributed by atoms with E-state index in [-0.39, 0.29) is 42.8 Å². The fourth-order valence-electron chi connectivity index (χ4n) is 4.58. The normalized spacial score (nSPS) is 14.6. The molecule has 0 aliphatic heterocycles. The van der Waals surface area contributed by atoms with Gasteiger partial charge in [0.2, 0.25) is 0 Å². The minimum Gasteiger partial charge on any atom is -0.481 e. The predicted molar refractivity (Wildman–Crippen MR) is 136 cm³/mol. The summed E-state index contributed by atoms with van der Waals surface area (Å²) in [5, 5.41) is 17.9. The number of carboxylic acids is 1. The summed E-state index contributed by atoms with van der Waals surface area (Å²) in [5.74, 6) is -0.455. The SMILES string of the molecule is Cc1ccc(CC(=O)C[C@H](CCC(=O)O)c2noc(-c3cc(CCC(C)(C)C)on3)c2C2CC2)c(F)c1. The molecule has 8 heteroatoms. The lowest BCUT2D eigenvalue weighted by Gasteiger charge is -2.16. The zero-order chi connectivity index (χ0) is 26.7. The molecule has 198 valence electrons. The number of carbonyl (C=O) groups excluding carboxylic acids is 1. The van der Waals surface area contributed by atoms with Crippen LogP contribution in [0.3, 0.4) is 0 Å². The van der Waals surface area contributed by atoms with Gasteiger partial charge in [-0.2, -0.15) is 0 Å². The standard InChI is InChI=1S/C29H35FN2O5/c1-17-5-6-19(23(30)13-17)14-21(33)15-20(9-10-25(34)35)27-26(18-7-8-18)28(37-32-27)24-16-22(36-31-24)11-12-29(2,3)4/h5-6,13,16,18,20H,7-12,14-15H2,1-4H3,(H,34,35)/t20-/m0/s1.